The highest BCUT2D eigenvalue weighted by Gasteiger charge is 2.14. The van der Waals surface area contributed by atoms with Crippen LogP contribution in [0.15, 0.2) is 54.7 Å². The highest BCUT2D eigenvalue weighted by atomic mass is 16.4. The lowest BCUT2D eigenvalue weighted by Gasteiger charge is -2.06. The molecule has 3 aromatic rings. The van der Waals surface area contributed by atoms with Crippen LogP contribution in [-0.2, 0) is 6.54 Å². The predicted molar refractivity (Wildman–Crippen MR) is 79.2 cm³/mol. The monoisotopic (exact) mass is 265 g/mol. The van der Waals surface area contributed by atoms with E-state index in [4.69, 9.17) is 0 Å². The van der Waals surface area contributed by atoms with Crippen LogP contribution in [0.25, 0.3) is 10.9 Å². The van der Waals surface area contributed by atoms with Gasteiger partial charge in [-0.3, -0.25) is 0 Å². The predicted octanol–water partition coefficient (Wildman–Crippen LogP) is 3.70. The Kier molecular flexibility index (Phi) is 3.03. The quantitative estimate of drug-likeness (QED) is 0.784. The molecule has 1 heterocycles. The molecule has 1 aromatic heterocycles. The number of carbonyl (C=O) groups is 1. The topological polar surface area (TPSA) is 42.2 Å². The first-order valence-corrected chi connectivity index (χ1v) is 6.52. The zero-order valence-electron chi connectivity index (χ0n) is 11.2. The average Bonchev–Trinajstić information content (AvgIpc) is 2.77. The number of aromatic carboxylic acids is 1. The Hall–Kier alpha value is -2.55. The van der Waals surface area contributed by atoms with Gasteiger partial charge >= 0.3 is 5.97 Å². The molecule has 3 rings (SSSR count). The molecule has 0 unspecified atom stereocenters. The third kappa shape index (κ3) is 2.07. The molecule has 100 valence electrons. The molecule has 1 N–H and O–H groups in total. The molecule has 0 aliphatic heterocycles. The molecule has 3 nitrogen and oxygen atoms in total. The van der Waals surface area contributed by atoms with Crippen LogP contribution in [0.5, 0.6) is 0 Å². The Labute approximate surface area is 117 Å². The number of hydrogen-bond acceptors (Lipinski definition) is 1. The van der Waals surface area contributed by atoms with Gasteiger partial charge in [0.05, 0.1) is 5.56 Å². The minimum absolute atomic E-state index is 0.367. The van der Waals surface area contributed by atoms with Gasteiger partial charge < -0.3 is 9.67 Å². The number of fused-ring (bicyclic) bond motifs is 1. The van der Waals surface area contributed by atoms with E-state index >= 15 is 0 Å². The lowest BCUT2D eigenvalue weighted by molar-refractivity contribution is 0.0699. The first kappa shape index (κ1) is 12.5. The van der Waals surface area contributed by atoms with Crippen LogP contribution >= 0.6 is 0 Å². The van der Waals surface area contributed by atoms with Gasteiger partial charge in [0.2, 0.25) is 0 Å². The molecule has 0 fully saturated rings. The molecule has 0 saturated carbocycles. The van der Waals surface area contributed by atoms with Gasteiger partial charge in [-0.05, 0) is 30.2 Å². The third-order valence-corrected chi connectivity index (χ3v) is 3.52. The van der Waals surface area contributed by atoms with Crippen LogP contribution in [0, 0.1) is 6.92 Å². The van der Waals surface area contributed by atoms with E-state index in [1.165, 1.54) is 5.56 Å². The second-order valence-corrected chi connectivity index (χ2v) is 4.93. The van der Waals surface area contributed by atoms with Gasteiger partial charge in [0.1, 0.15) is 0 Å². The fraction of sp³-hybridized carbons (Fsp3) is 0.118. The zero-order valence-corrected chi connectivity index (χ0v) is 11.2. The number of carboxylic acid groups (broad SMARTS) is 1. The van der Waals surface area contributed by atoms with E-state index in [1.54, 1.807) is 12.1 Å². The van der Waals surface area contributed by atoms with Gasteiger partial charge in [-0.2, -0.15) is 0 Å². The van der Waals surface area contributed by atoms with Crippen LogP contribution in [0.4, 0.5) is 0 Å². The SMILES string of the molecule is Cc1cn(Cc2ccccc2)c2cccc(C(=O)O)c12. The lowest BCUT2D eigenvalue weighted by Crippen LogP contribution is -1.99. The summed E-state index contributed by atoms with van der Waals surface area (Å²) in [5.41, 5.74) is 3.53. The number of hydrogen-bond donors (Lipinski definition) is 1. The molecular weight excluding hydrogens is 250 g/mol. The first-order valence-electron chi connectivity index (χ1n) is 6.52. The largest absolute Gasteiger partial charge is 0.478 e. The summed E-state index contributed by atoms with van der Waals surface area (Å²) in [5.74, 6) is -0.879. The van der Waals surface area contributed by atoms with Crippen LogP contribution in [0.1, 0.15) is 21.5 Å². The van der Waals surface area contributed by atoms with Gasteiger partial charge in [-0.25, -0.2) is 4.79 Å². The van der Waals surface area contributed by atoms with E-state index < -0.39 is 5.97 Å². The maximum atomic E-state index is 11.3. The van der Waals surface area contributed by atoms with Crippen molar-refractivity contribution in [3.8, 4) is 0 Å². The number of aryl methyl sites for hydroxylation is 1. The van der Waals surface area contributed by atoms with Gasteiger partial charge in [0.15, 0.2) is 0 Å². The van der Waals surface area contributed by atoms with Crippen molar-refractivity contribution in [2.45, 2.75) is 13.5 Å². The summed E-state index contributed by atoms with van der Waals surface area (Å²) in [6.07, 6.45) is 2.02. The van der Waals surface area contributed by atoms with Crippen molar-refractivity contribution < 1.29 is 9.90 Å². The van der Waals surface area contributed by atoms with E-state index in [0.717, 1.165) is 23.0 Å². The molecule has 0 amide bonds. The van der Waals surface area contributed by atoms with Crippen LogP contribution in [-0.4, -0.2) is 15.6 Å². The minimum Gasteiger partial charge on any atom is -0.478 e. The van der Waals surface area contributed by atoms with Crippen molar-refractivity contribution in [1.29, 1.82) is 0 Å². The maximum Gasteiger partial charge on any atom is 0.336 e. The molecule has 20 heavy (non-hydrogen) atoms. The van der Waals surface area contributed by atoms with Crippen molar-refractivity contribution in [2.75, 3.05) is 0 Å². The van der Waals surface area contributed by atoms with Crippen LogP contribution in [0.3, 0.4) is 0 Å². The first-order chi connectivity index (χ1) is 9.66. The van der Waals surface area contributed by atoms with E-state index in [2.05, 4.69) is 16.7 Å². The summed E-state index contributed by atoms with van der Waals surface area (Å²) < 4.78 is 2.10. The molecule has 0 radical (unpaired) electrons. The summed E-state index contributed by atoms with van der Waals surface area (Å²) in [7, 11) is 0. The summed E-state index contributed by atoms with van der Waals surface area (Å²) in [6, 6.07) is 15.6. The second-order valence-electron chi connectivity index (χ2n) is 4.93. The Balaban J connectivity index is 2.14. The fourth-order valence-corrected chi connectivity index (χ4v) is 2.65. The number of carboxylic acids is 1. The molecule has 0 aliphatic carbocycles. The Morgan fingerprint density at radius 1 is 1.10 bits per heavy atom. The molecular formula is C17H15NO2. The Morgan fingerprint density at radius 2 is 1.85 bits per heavy atom. The van der Waals surface area contributed by atoms with Crippen LogP contribution in [0.2, 0.25) is 0 Å². The fourth-order valence-electron chi connectivity index (χ4n) is 2.65. The number of benzene rings is 2. The van der Waals surface area contributed by atoms with E-state index in [9.17, 15) is 9.90 Å². The summed E-state index contributed by atoms with van der Waals surface area (Å²) in [5, 5.41) is 10.1. The Bertz CT molecular complexity index is 772. The van der Waals surface area contributed by atoms with E-state index in [1.807, 2.05) is 37.4 Å². The van der Waals surface area contributed by atoms with Crippen LogP contribution < -0.4 is 0 Å². The summed E-state index contributed by atoms with van der Waals surface area (Å²) >= 11 is 0. The van der Waals surface area contributed by atoms with Crippen molar-refractivity contribution in [3.63, 3.8) is 0 Å². The minimum atomic E-state index is -0.879. The second kappa shape index (κ2) is 4.85. The van der Waals surface area contributed by atoms with Gasteiger partial charge in [0.25, 0.3) is 0 Å². The normalized spacial score (nSPS) is 10.8. The van der Waals surface area contributed by atoms with Gasteiger partial charge in [-0.1, -0.05) is 36.4 Å². The highest BCUT2D eigenvalue weighted by Crippen LogP contribution is 2.25. The van der Waals surface area contributed by atoms with Crippen molar-refractivity contribution in [2.24, 2.45) is 0 Å². The molecule has 0 aliphatic rings. The maximum absolute atomic E-state index is 11.3. The summed E-state index contributed by atoms with van der Waals surface area (Å²) in [4.78, 5) is 11.3. The zero-order chi connectivity index (χ0) is 14.1. The number of nitrogens with zero attached hydrogens (tertiary/aromatic N) is 1. The highest BCUT2D eigenvalue weighted by molar-refractivity contribution is 6.04. The van der Waals surface area contributed by atoms with Crippen molar-refractivity contribution in [3.05, 3.63) is 71.4 Å². The molecule has 0 bridgehead atoms. The van der Waals surface area contributed by atoms with Gasteiger partial charge in [-0.15, -0.1) is 0 Å². The average molecular weight is 265 g/mol. The van der Waals surface area contributed by atoms with Crippen molar-refractivity contribution >= 4 is 16.9 Å². The lowest BCUT2D eigenvalue weighted by atomic mass is 10.1. The summed E-state index contributed by atoms with van der Waals surface area (Å²) in [6.45, 7) is 2.70. The molecule has 2 aromatic carbocycles. The smallest absolute Gasteiger partial charge is 0.336 e. The molecule has 0 spiro atoms. The third-order valence-electron chi connectivity index (χ3n) is 3.52. The number of aromatic nitrogens is 1. The number of rotatable bonds is 3. The van der Waals surface area contributed by atoms with Gasteiger partial charge in [0, 0.05) is 23.6 Å². The standard InChI is InChI=1S/C17H15NO2/c1-12-10-18(11-13-6-3-2-4-7-13)15-9-5-8-14(16(12)15)17(19)20/h2-10H,11H2,1H3,(H,19,20). The molecule has 0 atom stereocenters. The van der Waals surface area contributed by atoms with E-state index in [0.29, 0.717) is 5.56 Å². The molecule has 3 heteroatoms. The Morgan fingerprint density at radius 3 is 2.55 bits per heavy atom. The van der Waals surface area contributed by atoms with E-state index in [-0.39, 0.29) is 0 Å². The van der Waals surface area contributed by atoms with Crippen molar-refractivity contribution in [1.82, 2.24) is 4.57 Å². The molecule has 0 saturated heterocycles.